The highest BCUT2D eigenvalue weighted by atomic mass is 35.5. The zero-order valence-corrected chi connectivity index (χ0v) is 20.8. The Morgan fingerprint density at radius 1 is 0.865 bits per heavy atom. The number of nitrogens with zero attached hydrogens (tertiary/aromatic N) is 2. The van der Waals surface area contributed by atoms with Crippen LogP contribution in [0.1, 0.15) is 44.3 Å². The minimum Gasteiger partial charge on any atom is -0.497 e. The summed E-state index contributed by atoms with van der Waals surface area (Å²) in [6.07, 6.45) is 0.404. The van der Waals surface area contributed by atoms with Crippen LogP contribution in [-0.4, -0.2) is 29.7 Å². The molecule has 6 nitrogen and oxygen atoms in total. The molecule has 1 heterocycles. The summed E-state index contributed by atoms with van der Waals surface area (Å²) in [5, 5.41) is 6.68. The molecule has 1 amide bonds. The highest BCUT2D eigenvalue weighted by Crippen LogP contribution is 2.37. The van der Waals surface area contributed by atoms with Crippen molar-refractivity contribution in [2.45, 2.75) is 12.5 Å². The van der Waals surface area contributed by atoms with Gasteiger partial charge in [0.15, 0.2) is 0 Å². The number of benzene rings is 4. The van der Waals surface area contributed by atoms with E-state index in [9.17, 15) is 9.59 Å². The predicted octanol–water partition coefficient (Wildman–Crippen LogP) is 6.56. The summed E-state index contributed by atoms with van der Waals surface area (Å²) in [6.45, 7) is 0. The lowest BCUT2D eigenvalue weighted by molar-refractivity contribution is 0.0708. The van der Waals surface area contributed by atoms with Gasteiger partial charge in [0.25, 0.3) is 5.91 Å². The number of hydrogen-bond acceptors (Lipinski definition) is 5. The standard InChI is InChI=1S/C30H23ClN2O4/c1-36-24-15-12-20(13-16-24)27-19-26(32-33(27)29(34)21-8-4-2-5-9-21)25-18-23(31)14-17-28(25)37-30(35)22-10-6-3-7-11-22/h2-18,27H,19H2,1H3/t27-/m1/s1. The first kappa shape index (κ1) is 24.3. The first-order chi connectivity index (χ1) is 18.0. The second kappa shape index (κ2) is 10.7. The number of rotatable bonds is 6. The van der Waals surface area contributed by atoms with Crippen LogP contribution in [0.5, 0.6) is 11.5 Å². The Morgan fingerprint density at radius 3 is 2.16 bits per heavy atom. The summed E-state index contributed by atoms with van der Waals surface area (Å²) in [6, 6.07) is 29.9. The van der Waals surface area contributed by atoms with Crippen molar-refractivity contribution < 1.29 is 19.1 Å². The molecule has 0 spiro atoms. The normalized spacial score (nSPS) is 14.7. The summed E-state index contributed by atoms with van der Waals surface area (Å²) in [5.74, 6) is 0.307. The van der Waals surface area contributed by atoms with E-state index in [2.05, 4.69) is 0 Å². The van der Waals surface area contributed by atoms with E-state index in [1.807, 2.05) is 48.5 Å². The van der Waals surface area contributed by atoms with Gasteiger partial charge in [-0.25, -0.2) is 9.80 Å². The summed E-state index contributed by atoms with van der Waals surface area (Å²) < 4.78 is 11.0. The second-order valence-corrected chi connectivity index (χ2v) is 8.89. The average molecular weight is 511 g/mol. The molecule has 1 aliphatic rings. The molecule has 7 heteroatoms. The van der Waals surface area contributed by atoms with Gasteiger partial charge in [-0.05, 0) is 60.2 Å². The molecule has 37 heavy (non-hydrogen) atoms. The van der Waals surface area contributed by atoms with Crippen LogP contribution < -0.4 is 9.47 Å². The van der Waals surface area contributed by atoms with Gasteiger partial charge in [-0.15, -0.1) is 0 Å². The van der Waals surface area contributed by atoms with Crippen molar-refractivity contribution in [2.75, 3.05) is 7.11 Å². The molecule has 1 aliphatic heterocycles. The van der Waals surface area contributed by atoms with Crippen LogP contribution in [0, 0.1) is 0 Å². The smallest absolute Gasteiger partial charge is 0.343 e. The number of amides is 1. The molecule has 1 atom stereocenters. The zero-order chi connectivity index (χ0) is 25.8. The van der Waals surface area contributed by atoms with Crippen molar-refractivity contribution in [3.05, 3.63) is 130 Å². The molecule has 0 fully saturated rings. The fraction of sp³-hybridized carbons (Fsp3) is 0.100. The molecule has 0 aliphatic carbocycles. The first-order valence-electron chi connectivity index (χ1n) is 11.7. The largest absolute Gasteiger partial charge is 0.497 e. The highest BCUT2D eigenvalue weighted by molar-refractivity contribution is 6.31. The fourth-order valence-electron chi connectivity index (χ4n) is 4.21. The summed E-state index contributed by atoms with van der Waals surface area (Å²) in [4.78, 5) is 26.3. The van der Waals surface area contributed by atoms with Gasteiger partial charge in [0.2, 0.25) is 0 Å². The SMILES string of the molecule is COc1ccc([C@H]2CC(c3cc(Cl)ccc3OC(=O)c3ccccc3)=NN2C(=O)c2ccccc2)cc1. The van der Waals surface area contributed by atoms with Crippen LogP contribution in [0.4, 0.5) is 0 Å². The van der Waals surface area contributed by atoms with Gasteiger partial charge in [-0.2, -0.15) is 5.10 Å². The van der Waals surface area contributed by atoms with E-state index in [0.717, 1.165) is 5.56 Å². The second-order valence-electron chi connectivity index (χ2n) is 8.45. The van der Waals surface area contributed by atoms with E-state index >= 15 is 0 Å². The van der Waals surface area contributed by atoms with E-state index in [1.54, 1.807) is 61.7 Å². The third-order valence-corrected chi connectivity index (χ3v) is 6.34. The zero-order valence-electron chi connectivity index (χ0n) is 20.0. The number of esters is 1. The van der Waals surface area contributed by atoms with Crippen LogP contribution in [0.2, 0.25) is 5.02 Å². The lowest BCUT2D eigenvalue weighted by Gasteiger charge is -2.22. The topological polar surface area (TPSA) is 68.2 Å². The Labute approximate surface area is 219 Å². The molecule has 4 aromatic carbocycles. The third kappa shape index (κ3) is 5.25. The summed E-state index contributed by atoms with van der Waals surface area (Å²) in [7, 11) is 1.61. The maximum atomic E-state index is 13.5. The Hall–Kier alpha value is -4.42. The number of methoxy groups -OCH3 is 1. The molecular formula is C30H23ClN2O4. The van der Waals surface area contributed by atoms with Crippen molar-refractivity contribution in [3.8, 4) is 11.5 Å². The number of ether oxygens (including phenoxy) is 2. The highest BCUT2D eigenvalue weighted by Gasteiger charge is 2.35. The molecule has 0 saturated carbocycles. The quantitative estimate of drug-likeness (QED) is 0.217. The summed E-state index contributed by atoms with van der Waals surface area (Å²) >= 11 is 6.34. The maximum absolute atomic E-state index is 13.5. The fourth-order valence-corrected chi connectivity index (χ4v) is 4.38. The van der Waals surface area contributed by atoms with Crippen molar-refractivity contribution in [3.63, 3.8) is 0 Å². The molecule has 184 valence electrons. The van der Waals surface area contributed by atoms with Gasteiger partial charge in [0, 0.05) is 22.6 Å². The van der Waals surface area contributed by atoms with Gasteiger partial charge in [0.1, 0.15) is 11.5 Å². The van der Waals surface area contributed by atoms with Gasteiger partial charge >= 0.3 is 5.97 Å². The van der Waals surface area contributed by atoms with Gasteiger partial charge in [-0.3, -0.25) is 4.79 Å². The predicted molar refractivity (Wildman–Crippen MR) is 142 cm³/mol. The number of hydrazone groups is 1. The molecule has 0 saturated heterocycles. The van der Waals surface area contributed by atoms with Crippen molar-refractivity contribution in [2.24, 2.45) is 5.10 Å². The summed E-state index contributed by atoms with van der Waals surface area (Å²) in [5.41, 5.74) is 2.98. The number of carbonyl (C=O) groups is 2. The molecule has 0 aromatic heterocycles. The van der Waals surface area contributed by atoms with Gasteiger partial charge < -0.3 is 9.47 Å². The van der Waals surface area contributed by atoms with Gasteiger partial charge in [0.05, 0.1) is 24.4 Å². The van der Waals surface area contributed by atoms with E-state index in [4.69, 9.17) is 26.2 Å². The molecule has 0 unspecified atom stereocenters. The van der Waals surface area contributed by atoms with E-state index in [1.165, 1.54) is 5.01 Å². The monoisotopic (exact) mass is 510 g/mol. The molecule has 0 radical (unpaired) electrons. The molecule has 0 N–H and O–H groups in total. The Balaban J connectivity index is 1.53. The minimum absolute atomic E-state index is 0.235. The van der Waals surface area contributed by atoms with Crippen molar-refractivity contribution in [1.29, 1.82) is 0 Å². The van der Waals surface area contributed by atoms with E-state index in [0.29, 0.717) is 45.3 Å². The number of hydrogen-bond donors (Lipinski definition) is 0. The molecule has 0 bridgehead atoms. The first-order valence-corrected chi connectivity index (χ1v) is 12.1. The Morgan fingerprint density at radius 2 is 1.51 bits per heavy atom. The van der Waals surface area contributed by atoms with Crippen molar-refractivity contribution in [1.82, 2.24) is 5.01 Å². The van der Waals surface area contributed by atoms with E-state index < -0.39 is 5.97 Å². The Kier molecular flexibility index (Phi) is 7.01. The average Bonchev–Trinajstić information content (AvgIpc) is 3.40. The molecule has 4 aromatic rings. The van der Waals surface area contributed by atoms with Crippen LogP contribution in [-0.2, 0) is 0 Å². The van der Waals surface area contributed by atoms with Gasteiger partial charge in [-0.1, -0.05) is 60.1 Å². The number of halogens is 1. The Bertz CT molecular complexity index is 1450. The van der Waals surface area contributed by atoms with Crippen LogP contribution in [0.3, 0.4) is 0 Å². The van der Waals surface area contributed by atoms with Crippen molar-refractivity contribution >= 4 is 29.2 Å². The van der Waals surface area contributed by atoms with Crippen LogP contribution in [0.25, 0.3) is 0 Å². The maximum Gasteiger partial charge on any atom is 0.343 e. The molecule has 5 rings (SSSR count). The lowest BCUT2D eigenvalue weighted by Crippen LogP contribution is -2.27. The lowest BCUT2D eigenvalue weighted by atomic mass is 9.97. The van der Waals surface area contributed by atoms with E-state index in [-0.39, 0.29) is 11.9 Å². The number of carbonyl (C=O) groups excluding carboxylic acids is 2. The van der Waals surface area contributed by atoms with Crippen LogP contribution in [0.15, 0.2) is 108 Å². The van der Waals surface area contributed by atoms with Crippen LogP contribution >= 0.6 is 11.6 Å². The third-order valence-electron chi connectivity index (χ3n) is 6.10. The molecular weight excluding hydrogens is 488 g/mol. The minimum atomic E-state index is -0.494.